The Kier molecular flexibility index (Phi) is 4.50. The molecular formula is C16H15NO3. The summed E-state index contributed by atoms with van der Waals surface area (Å²) in [6, 6.07) is 16.6. The van der Waals surface area contributed by atoms with Crippen LogP contribution < -0.4 is 5.32 Å². The third-order valence-electron chi connectivity index (χ3n) is 3.04. The van der Waals surface area contributed by atoms with Gasteiger partial charge in [-0.3, -0.25) is 4.79 Å². The molecule has 20 heavy (non-hydrogen) atoms. The second-order valence-corrected chi connectivity index (χ2v) is 4.45. The van der Waals surface area contributed by atoms with Gasteiger partial charge in [0.1, 0.15) is 6.04 Å². The molecule has 0 heterocycles. The zero-order valence-corrected chi connectivity index (χ0v) is 10.8. The molecule has 1 atom stereocenters. The van der Waals surface area contributed by atoms with Crippen molar-refractivity contribution in [2.75, 3.05) is 0 Å². The van der Waals surface area contributed by atoms with Crippen molar-refractivity contribution in [3.63, 3.8) is 0 Å². The van der Waals surface area contributed by atoms with E-state index in [9.17, 15) is 9.59 Å². The molecule has 0 bridgehead atoms. The van der Waals surface area contributed by atoms with E-state index in [0.717, 1.165) is 16.7 Å². The van der Waals surface area contributed by atoms with Crippen LogP contribution >= 0.6 is 0 Å². The van der Waals surface area contributed by atoms with Crippen LogP contribution in [0.1, 0.15) is 5.56 Å². The van der Waals surface area contributed by atoms with Crippen LogP contribution in [-0.4, -0.2) is 23.5 Å². The maximum atomic E-state index is 11.0. The molecule has 0 spiro atoms. The number of carbonyl (C=O) groups excluding carboxylic acids is 1. The molecule has 4 nitrogen and oxygen atoms in total. The molecule has 102 valence electrons. The smallest absolute Gasteiger partial charge is 0.326 e. The van der Waals surface area contributed by atoms with Gasteiger partial charge in [0.25, 0.3) is 0 Å². The first-order valence-corrected chi connectivity index (χ1v) is 6.27. The Labute approximate surface area is 117 Å². The summed E-state index contributed by atoms with van der Waals surface area (Å²) in [4.78, 5) is 21.5. The number of hydrogen-bond acceptors (Lipinski definition) is 2. The fourth-order valence-corrected chi connectivity index (χ4v) is 2.04. The fourth-order valence-electron chi connectivity index (χ4n) is 2.04. The average molecular weight is 269 g/mol. The van der Waals surface area contributed by atoms with E-state index in [4.69, 9.17) is 5.11 Å². The maximum absolute atomic E-state index is 11.0. The molecule has 0 aliphatic carbocycles. The van der Waals surface area contributed by atoms with Gasteiger partial charge in [-0.15, -0.1) is 0 Å². The van der Waals surface area contributed by atoms with Gasteiger partial charge < -0.3 is 10.4 Å². The molecular weight excluding hydrogens is 254 g/mol. The summed E-state index contributed by atoms with van der Waals surface area (Å²) in [7, 11) is 0. The molecule has 0 fully saturated rings. The summed E-state index contributed by atoms with van der Waals surface area (Å²) in [6.07, 6.45) is 0.675. The SMILES string of the molecule is O=CNC(Cc1cccc(-c2ccccc2)c1)C(=O)O. The molecule has 0 saturated heterocycles. The zero-order valence-electron chi connectivity index (χ0n) is 10.8. The largest absolute Gasteiger partial charge is 0.480 e. The normalized spacial score (nSPS) is 11.6. The van der Waals surface area contributed by atoms with Gasteiger partial charge in [-0.05, 0) is 16.7 Å². The van der Waals surface area contributed by atoms with Crippen molar-refractivity contribution < 1.29 is 14.7 Å². The highest BCUT2D eigenvalue weighted by Crippen LogP contribution is 2.20. The minimum Gasteiger partial charge on any atom is -0.480 e. The quantitative estimate of drug-likeness (QED) is 0.789. The minimum atomic E-state index is -1.04. The number of rotatable bonds is 6. The van der Waals surface area contributed by atoms with Crippen LogP contribution in [0.5, 0.6) is 0 Å². The molecule has 0 aliphatic rings. The van der Waals surface area contributed by atoms with E-state index < -0.39 is 12.0 Å². The first-order chi connectivity index (χ1) is 9.70. The lowest BCUT2D eigenvalue weighted by Crippen LogP contribution is -2.37. The van der Waals surface area contributed by atoms with Crippen LogP contribution in [0, 0.1) is 0 Å². The van der Waals surface area contributed by atoms with E-state index in [-0.39, 0.29) is 6.42 Å². The van der Waals surface area contributed by atoms with Crippen LogP contribution in [0.15, 0.2) is 54.6 Å². The maximum Gasteiger partial charge on any atom is 0.326 e. The Morgan fingerprint density at radius 3 is 2.45 bits per heavy atom. The highest BCUT2D eigenvalue weighted by atomic mass is 16.4. The summed E-state index contributed by atoms with van der Waals surface area (Å²) >= 11 is 0. The Morgan fingerprint density at radius 1 is 1.10 bits per heavy atom. The van der Waals surface area contributed by atoms with Gasteiger partial charge in [-0.1, -0.05) is 54.6 Å². The van der Waals surface area contributed by atoms with Crippen molar-refractivity contribution in [3.8, 4) is 11.1 Å². The van der Waals surface area contributed by atoms with Crippen LogP contribution in [0.2, 0.25) is 0 Å². The Bertz CT molecular complexity index is 596. The van der Waals surface area contributed by atoms with Gasteiger partial charge >= 0.3 is 5.97 Å². The number of nitrogens with one attached hydrogen (secondary N) is 1. The molecule has 0 radical (unpaired) electrons. The lowest BCUT2D eigenvalue weighted by Gasteiger charge is -2.12. The van der Waals surface area contributed by atoms with Gasteiger partial charge in [0, 0.05) is 6.42 Å². The highest BCUT2D eigenvalue weighted by molar-refractivity contribution is 5.76. The summed E-state index contributed by atoms with van der Waals surface area (Å²) in [6.45, 7) is 0. The third-order valence-corrected chi connectivity index (χ3v) is 3.04. The Hall–Kier alpha value is -2.62. The van der Waals surface area contributed by atoms with E-state index in [1.807, 2.05) is 54.6 Å². The van der Waals surface area contributed by atoms with Crippen molar-refractivity contribution in [1.82, 2.24) is 5.32 Å². The predicted octanol–water partition coefficient (Wildman–Crippen LogP) is 2.10. The lowest BCUT2D eigenvalue weighted by atomic mass is 9.99. The number of amides is 1. The average Bonchev–Trinajstić information content (AvgIpc) is 2.48. The van der Waals surface area contributed by atoms with Crippen LogP contribution in [0.25, 0.3) is 11.1 Å². The van der Waals surface area contributed by atoms with Gasteiger partial charge in [-0.25, -0.2) is 4.79 Å². The highest BCUT2D eigenvalue weighted by Gasteiger charge is 2.16. The number of benzene rings is 2. The van der Waals surface area contributed by atoms with E-state index >= 15 is 0 Å². The van der Waals surface area contributed by atoms with Crippen molar-refractivity contribution in [2.24, 2.45) is 0 Å². The van der Waals surface area contributed by atoms with E-state index in [1.165, 1.54) is 0 Å². The molecule has 0 aliphatic heterocycles. The minimum absolute atomic E-state index is 0.259. The van der Waals surface area contributed by atoms with Crippen LogP contribution in [-0.2, 0) is 16.0 Å². The summed E-state index contributed by atoms with van der Waals surface area (Å²) in [5.41, 5.74) is 2.97. The van der Waals surface area contributed by atoms with E-state index in [0.29, 0.717) is 6.41 Å². The second-order valence-electron chi connectivity index (χ2n) is 4.45. The number of carbonyl (C=O) groups is 2. The standard InChI is InChI=1S/C16H15NO3/c18-11-17-15(16(19)20)10-12-5-4-8-14(9-12)13-6-2-1-3-7-13/h1-9,11,15H,10H2,(H,17,18)(H,19,20). The lowest BCUT2D eigenvalue weighted by molar-refractivity contribution is -0.140. The van der Waals surface area contributed by atoms with Gasteiger partial charge in [0.05, 0.1) is 0 Å². The Balaban J connectivity index is 2.21. The van der Waals surface area contributed by atoms with Crippen LogP contribution in [0.4, 0.5) is 0 Å². The second kappa shape index (κ2) is 6.52. The zero-order chi connectivity index (χ0) is 14.4. The molecule has 2 rings (SSSR count). The van der Waals surface area contributed by atoms with Gasteiger partial charge in [-0.2, -0.15) is 0 Å². The summed E-state index contributed by atoms with van der Waals surface area (Å²) < 4.78 is 0. The molecule has 0 aromatic heterocycles. The number of carboxylic acids is 1. The third kappa shape index (κ3) is 3.45. The number of hydrogen-bond donors (Lipinski definition) is 2. The predicted molar refractivity (Wildman–Crippen MR) is 76.2 cm³/mol. The first-order valence-electron chi connectivity index (χ1n) is 6.27. The summed E-state index contributed by atoms with van der Waals surface area (Å²) in [5.74, 6) is -1.04. The van der Waals surface area contributed by atoms with Gasteiger partial charge in [0.15, 0.2) is 0 Å². The van der Waals surface area contributed by atoms with Crippen molar-refractivity contribution in [1.29, 1.82) is 0 Å². The molecule has 1 unspecified atom stereocenters. The van der Waals surface area contributed by atoms with Crippen molar-refractivity contribution >= 4 is 12.4 Å². The van der Waals surface area contributed by atoms with Crippen LogP contribution in [0.3, 0.4) is 0 Å². The number of aliphatic carboxylic acids is 1. The fraction of sp³-hybridized carbons (Fsp3) is 0.125. The van der Waals surface area contributed by atoms with Gasteiger partial charge in [0.2, 0.25) is 6.41 Å². The van der Waals surface area contributed by atoms with Crippen molar-refractivity contribution in [3.05, 3.63) is 60.2 Å². The Morgan fingerprint density at radius 2 is 1.80 bits per heavy atom. The van der Waals surface area contributed by atoms with Crippen molar-refractivity contribution in [2.45, 2.75) is 12.5 Å². The molecule has 0 saturated carbocycles. The number of carboxylic acid groups (broad SMARTS) is 1. The molecule has 1 amide bonds. The summed E-state index contributed by atoms with van der Waals surface area (Å²) in [5, 5.41) is 11.3. The first kappa shape index (κ1) is 13.8. The molecule has 2 aromatic rings. The topological polar surface area (TPSA) is 66.4 Å². The molecule has 2 N–H and O–H groups in total. The van der Waals surface area contributed by atoms with E-state index in [1.54, 1.807) is 0 Å². The van der Waals surface area contributed by atoms with E-state index in [2.05, 4.69) is 5.32 Å². The molecule has 4 heteroatoms. The monoisotopic (exact) mass is 269 g/mol. The molecule has 2 aromatic carbocycles.